The SMILES string of the molecule is Cc1cccc(Oc2nc(Cl)ccc2C(=O)O)c1. The fraction of sp³-hybridized carbons (Fsp3) is 0.0769. The summed E-state index contributed by atoms with van der Waals surface area (Å²) in [7, 11) is 0. The third-order valence-electron chi connectivity index (χ3n) is 2.26. The number of carboxylic acids is 1. The van der Waals surface area contributed by atoms with E-state index in [4.69, 9.17) is 21.4 Å². The van der Waals surface area contributed by atoms with Gasteiger partial charge in [-0.15, -0.1) is 0 Å². The maximum atomic E-state index is 11.0. The van der Waals surface area contributed by atoms with Crippen LogP contribution in [0.4, 0.5) is 0 Å². The number of ether oxygens (including phenoxy) is 1. The van der Waals surface area contributed by atoms with Gasteiger partial charge in [0.2, 0.25) is 5.88 Å². The lowest BCUT2D eigenvalue weighted by atomic mass is 10.2. The third kappa shape index (κ3) is 2.78. The lowest BCUT2D eigenvalue weighted by Gasteiger charge is -2.08. The highest BCUT2D eigenvalue weighted by Gasteiger charge is 2.14. The van der Waals surface area contributed by atoms with Crippen molar-refractivity contribution >= 4 is 17.6 Å². The minimum atomic E-state index is -1.11. The van der Waals surface area contributed by atoms with Crippen molar-refractivity contribution in [2.45, 2.75) is 6.92 Å². The van der Waals surface area contributed by atoms with Crippen molar-refractivity contribution in [3.63, 3.8) is 0 Å². The highest BCUT2D eigenvalue weighted by molar-refractivity contribution is 6.29. The van der Waals surface area contributed by atoms with Crippen LogP contribution in [0.3, 0.4) is 0 Å². The van der Waals surface area contributed by atoms with E-state index < -0.39 is 5.97 Å². The molecule has 0 atom stereocenters. The first-order valence-corrected chi connectivity index (χ1v) is 5.58. The Morgan fingerprint density at radius 3 is 2.78 bits per heavy atom. The molecule has 18 heavy (non-hydrogen) atoms. The van der Waals surface area contributed by atoms with Gasteiger partial charge in [-0.1, -0.05) is 23.7 Å². The molecule has 4 nitrogen and oxygen atoms in total. The van der Waals surface area contributed by atoms with Gasteiger partial charge in [0.15, 0.2) is 0 Å². The number of rotatable bonds is 3. The van der Waals surface area contributed by atoms with Crippen LogP contribution in [0.2, 0.25) is 5.15 Å². The summed E-state index contributed by atoms with van der Waals surface area (Å²) in [4.78, 5) is 14.9. The summed E-state index contributed by atoms with van der Waals surface area (Å²) < 4.78 is 5.46. The number of aryl methyl sites for hydroxylation is 1. The van der Waals surface area contributed by atoms with Crippen LogP contribution in [0.25, 0.3) is 0 Å². The Labute approximate surface area is 109 Å². The molecular formula is C13H10ClNO3. The fourth-order valence-electron chi connectivity index (χ4n) is 1.45. The molecule has 5 heteroatoms. The zero-order valence-electron chi connectivity index (χ0n) is 9.55. The number of nitrogens with zero attached hydrogens (tertiary/aromatic N) is 1. The van der Waals surface area contributed by atoms with Crippen molar-refractivity contribution in [1.29, 1.82) is 0 Å². The molecule has 0 aliphatic heterocycles. The molecule has 0 unspecified atom stereocenters. The molecule has 1 heterocycles. The van der Waals surface area contributed by atoms with Crippen molar-refractivity contribution in [3.8, 4) is 11.6 Å². The van der Waals surface area contributed by atoms with Gasteiger partial charge in [0.25, 0.3) is 0 Å². The van der Waals surface area contributed by atoms with Crippen molar-refractivity contribution in [2.24, 2.45) is 0 Å². The average Bonchev–Trinajstić information content (AvgIpc) is 2.28. The van der Waals surface area contributed by atoms with E-state index >= 15 is 0 Å². The monoisotopic (exact) mass is 263 g/mol. The number of halogens is 1. The van der Waals surface area contributed by atoms with Crippen LogP contribution in [-0.2, 0) is 0 Å². The van der Waals surface area contributed by atoms with E-state index in [-0.39, 0.29) is 16.6 Å². The third-order valence-corrected chi connectivity index (χ3v) is 2.47. The van der Waals surface area contributed by atoms with Crippen molar-refractivity contribution < 1.29 is 14.6 Å². The van der Waals surface area contributed by atoms with Gasteiger partial charge < -0.3 is 9.84 Å². The first kappa shape index (κ1) is 12.4. The number of hydrogen-bond donors (Lipinski definition) is 1. The summed E-state index contributed by atoms with van der Waals surface area (Å²) in [6.45, 7) is 1.91. The van der Waals surface area contributed by atoms with Crippen LogP contribution in [0.5, 0.6) is 11.6 Å². The molecule has 1 aromatic heterocycles. The van der Waals surface area contributed by atoms with Gasteiger partial charge in [-0.05, 0) is 36.8 Å². The van der Waals surface area contributed by atoms with Crippen LogP contribution >= 0.6 is 11.6 Å². The lowest BCUT2D eigenvalue weighted by Crippen LogP contribution is -2.02. The maximum Gasteiger partial charge on any atom is 0.341 e. The quantitative estimate of drug-likeness (QED) is 0.861. The van der Waals surface area contributed by atoms with E-state index in [1.54, 1.807) is 12.1 Å². The molecule has 2 aromatic rings. The normalized spacial score (nSPS) is 10.1. The summed E-state index contributed by atoms with van der Waals surface area (Å²) in [6, 6.07) is 10.0. The van der Waals surface area contributed by atoms with Crippen LogP contribution < -0.4 is 4.74 Å². The number of pyridine rings is 1. The predicted octanol–water partition coefficient (Wildman–Crippen LogP) is 3.53. The van der Waals surface area contributed by atoms with Crippen molar-refractivity contribution in [1.82, 2.24) is 4.98 Å². The summed E-state index contributed by atoms with van der Waals surface area (Å²) >= 11 is 5.73. The molecule has 0 saturated heterocycles. The topological polar surface area (TPSA) is 59.4 Å². The molecule has 0 bridgehead atoms. The van der Waals surface area contributed by atoms with E-state index in [0.29, 0.717) is 5.75 Å². The average molecular weight is 264 g/mol. The number of aromatic nitrogens is 1. The number of aromatic carboxylic acids is 1. The summed E-state index contributed by atoms with van der Waals surface area (Å²) in [5, 5.41) is 9.21. The Bertz CT molecular complexity index is 599. The minimum Gasteiger partial charge on any atom is -0.477 e. The van der Waals surface area contributed by atoms with Gasteiger partial charge in [0.05, 0.1) is 0 Å². The molecule has 0 fully saturated rings. The first-order valence-electron chi connectivity index (χ1n) is 5.20. The molecule has 92 valence electrons. The van der Waals surface area contributed by atoms with Gasteiger partial charge in [-0.25, -0.2) is 9.78 Å². The molecule has 1 N–H and O–H groups in total. The molecule has 0 saturated carbocycles. The smallest absolute Gasteiger partial charge is 0.341 e. The van der Waals surface area contributed by atoms with E-state index in [1.807, 2.05) is 19.1 Å². The molecule has 0 aliphatic rings. The van der Waals surface area contributed by atoms with Crippen LogP contribution in [0, 0.1) is 6.92 Å². The fourth-order valence-corrected chi connectivity index (χ4v) is 1.59. The first-order chi connectivity index (χ1) is 8.56. The Hall–Kier alpha value is -2.07. The second-order valence-corrected chi connectivity index (χ2v) is 4.10. The zero-order chi connectivity index (χ0) is 13.1. The lowest BCUT2D eigenvalue weighted by molar-refractivity contribution is 0.0693. The van der Waals surface area contributed by atoms with Crippen molar-refractivity contribution in [3.05, 3.63) is 52.7 Å². The highest BCUT2D eigenvalue weighted by Crippen LogP contribution is 2.25. The van der Waals surface area contributed by atoms with Crippen molar-refractivity contribution in [2.75, 3.05) is 0 Å². The second kappa shape index (κ2) is 5.06. The van der Waals surface area contributed by atoms with E-state index in [9.17, 15) is 4.79 Å². The molecule has 0 aliphatic carbocycles. The van der Waals surface area contributed by atoms with Gasteiger partial charge in [-0.2, -0.15) is 0 Å². The molecule has 0 radical (unpaired) electrons. The Morgan fingerprint density at radius 2 is 2.11 bits per heavy atom. The van der Waals surface area contributed by atoms with Crippen LogP contribution in [0.1, 0.15) is 15.9 Å². The second-order valence-electron chi connectivity index (χ2n) is 3.71. The number of benzene rings is 1. The predicted molar refractivity (Wildman–Crippen MR) is 67.5 cm³/mol. The Morgan fingerprint density at radius 1 is 1.33 bits per heavy atom. The Kier molecular flexibility index (Phi) is 3.48. The van der Waals surface area contributed by atoms with Crippen LogP contribution in [-0.4, -0.2) is 16.1 Å². The molecular weight excluding hydrogens is 254 g/mol. The summed E-state index contributed by atoms with van der Waals surface area (Å²) in [5.74, 6) is -0.602. The van der Waals surface area contributed by atoms with Gasteiger partial charge in [0, 0.05) is 0 Å². The Balaban J connectivity index is 2.39. The van der Waals surface area contributed by atoms with E-state index in [2.05, 4.69) is 4.98 Å². The zero-order valence-corrected chi connectivity index (χ0v) is 10.3. The van der Waals surface area contributed by atoms with Gasteiger partial charge >= 0.3 is 5.97 Å². The standard InChI is InChI=1S/C13H10ClNO3/c1-8-3-2-4-9(7-8)18-12-10(13(16)17)5-6-11(14)15-12/h2-7H,1H3,(H,16,17). The molecule has 1 aromatic carbocycles. The largest absolute Gasteiger partial charge is 0.477 e. The van der Waals surface area contributed by atoms with Gasteiger partial charge in [-0.3, -0.25) is 0 Å². The summed E-state index contributed by atoms with van der Waals surface area (Å²) in [6.07, 6.45) is 0. The number of carboxylic acid groups (broad SMARTS) is 1. The van der Waals surface area contributed by atoms with Gasteiger partial charge in [0.1, 0.15) is 16.5 Å². The van der Waals surface area contributed by atoms with E-state index in [1.165, 1.54) is 12.1 Å². The molecule has 2 rings (SSSR count). The van der Waals surface area contributed by atoms with Crippen LogP contribution in [0.15, 0.2) is 36.4 Å². The maximum absolute atomic E-state index is 11.0. The molecule has 0 spiro atoms. The molecule has 0 amide bonds. The minimum absolute atomic E-state index is 0.0133. The number of hydrogen-bond acceptors (Lipinski definition) is 3. The van der Waals surface area contributed by atoms with E-state index in [0.717, 1.165) is 5.56 Å². The summed E-state index contributed by atoms with van der Waals surface area (Å²) in [5.41, 5.74) is 0.979. The number of carbonyl (C=O) groups is 1. The highest BCUT2D eigenvalue weighted by atomic mass is 35.5.